The monoisotopic (exact) mass is 144 g/mol. The standard InChI is InChI=1S/C10H10N/c1-2-7-10-9(5-1)6-3-4-8-11-10/h1-2,5,7H,3-4,6H2. The van der Waals surface area contributed by atoms with Gasteiger partial charge in [-0.2, -0.15) is 0 Å². The molecule has 1 aromatic carbocycles. The van der Waals surface area contributed by atoms with Gasteiger partial charge in [0.1, 0.15) is 0 Å². The molecular weight excluding hydrogens is 134 g/mol. The predicted octanol–water partition coefficient (Wildman–Crippen LogP) is 2.60. The van der Waals surface area contributed by atoms with E-state index in [1.54, 1.807) is 0 Å². The van der Waals surface area contributed by atoms with Crippen LogP contribution in [0.3, 0.4) is 0 Å². The van der Waals surface area contributed by atoms with E-state index in [4.69, 9.17) is 0 Å². The number of benzene rings is 1. The second-order valence-electron chi connectivity index (χ2n) is 2.75. The van der Waals surface area contributed by atoms with Crippen molar-refractivity contribution in [2.75, 3.05) is 0 Å². The highest BCUT2D eigenvalue weighted by atomic mass is 14.7. The zero-order valence-corrected chi connectivity index (χ0v) is 6.38. The zero-order valence-electron chi connectivity index (χ0n) is 6.38. The van der Waals surface area contributed by atoms with Gasteiger partial charge in [-0.25, -0.2) is 0 Å². The van der Waals surface area contributed by atoms with Crippen LogP contribution in [0.25, 0.3) is 0 Å². The summed E-state index contributed by atoms with van der Waals surface area (Å²) in [7, 11) is 0. The lowest BCUT2D eigenvalue weighted by Gasteiger charge is -1.99. The molecule has 0 amide bonds. The highest BCUT2D eigenvalue weighted by Crippen LogP contribution is 2.22. The van der Waals surface area contributed by atoms with Crippen molar-refractivity contribution < 1.29 is 0 Å². The van der Waals surface area contributed by atoms with E-state index < -0.39 is 0 Å². The quantitative estimate of drug-likeness (QED) is 0.530. The fraction of sp³-hybridized carbons (Fsp3) is 0.300. The Kier molecular flexibility index (Phi) is 1.72. The molecule has 0 fully saturated rings. The SMILES string of the molecule is [C]1=Nc2ccccc2CCC1. The third-order valence-corrected chi connectivity index (χ3v) is 1.93. The van der Waals surface area contributed by atoms with E-state index in [0.717, 1.165) is 18.5 Å². The molecule has 1 heteroatoms. The Morgan fingerprint density at radius 2 is 2.18 bits per heavy atom. The van der Waals surface area contributed by atoms with Gasteiger partial charge in [-0.3, -0.25) is 4.99 Å². The summed E-state index contributed by atoms with van der Waals surface area (Å²) in [6, 6.07) is 8.29. The van der Waals surface area contributed by atoms with Crippen molar-refractivity contribution in [1.82, 2.24) is 0 Å². The third-order valence-electron chi connectivity index (χ3n) is 1.93. The first kappa shape index (κ1) is 6.59. The van der Waals surface area contributed by atoms with Gasteiger partial charge >= 0.3 is 0 Å². The van der Waals surface area contributed by atoms with Crippen LogP contribution in [0.2, 0.25) is 0 Å². The van der Waals surface area contributed by atoms with Gasteiger partial charge in [0.2, 0.25) is 0 Å². The summed E-state index contributed by atoms with van der Waals surface area (Å²) in [5.41, 5.74) is 2.46. The second kappa shape index (κ2) is 2.87. The lowest BCUT2D eigenvalue weighted by atomic mass is 10.1. The Labute approximate surface area is 66.8 Å². The molecule has 0 spiro atoms. The molecule has 0 aliphatic carbocycles. The maximum absolute atomic E-state index is 4.24. The van der Waals surface area contributed by atoms with Crippen LogP contribution in [0, 0.1) is 0 Å². The number of nitrogens with zero attached hydrogens (tertiary/aromatic N) is 1. The first-order valence-electron chi connectivity index (χ1n) is 3.98. The van der Waals surface area contributed by atoms with Crippen LogP contribution in [0.15, 0.2) is 29.3 Å². The summed E-state index contributed by atoms with van der Waals surface area (Å²) >= 11 is 0. The first-order chi connectivity index (χ1) is 5.47. The topological polar surface area (TPSA) is 12.4 Å². The molecule has 0 unspecified atom stereocenters. The Morgan fingerprint density at radius 3 is 3.18 bits per heavy atom. The van der Waals surface area contributed by atoms with Gasteiger partial charge in [0, 0.05) is 0 Å². The number of hydrogen-bond donors (Lipinski definition) is 0. The molecule has 1 heterocycles. The molecule has 2 rings (SSSR count). The lowest BCUT2D eigenvalue weighted by Crippen LogP contribution is -1.81. The molecule has 1 aromatic rings. The van der Waals surface area contributed by atoms with Gasteiger partial charge in [0.05, 0.1) is 11.9 Å². The average molecular weight is 144 g/mol. The fourth-order valence-electron chi connectivity index (χ4n) is 1.33. The number of rotatable bonds is 0. The van der Waals surface area contributed by atoms with E-state index in [0.29, 0.717) is 0 Å². The van der Waals surface area contributed by atoms with Crippen molar-refractivity contribution in [1.29, 1.82) is 0 Å². The van der Waals surface area contributed by atoms with Crippen molar-refractivity contribution in [2.45, 2.75) is 19.3 Å². The number of para-hydroxylation sites is 1. The first-order valence-corrected chi connectivity index (χ1v) is 3.98. The van der Waals surface area contributed by atoms with Crippen molar-refractivity contribution in [3.8, 4) is 0 Å². The van der Waals surface area contributed by atoms with Crippen LogP contribution < -0.4 is 0 Å². The van der Waals surface area contributed by atoms with Crippen LogP contribution in [0.1, 0.15) is 18.4 Å². The average Bonchev–Trinajstić information content (AvgIpc) is 2.28. The predicted molar refractivity (Wildman–Crippen MR) is 46.5 cm³/mol. The Balaban J connectivity index is 2.45. The van der Waals surface area contributed by atoms with E-state index in [1.807, 2.05) is 12.1 Å². The molecule has 0 atom stereocenters. The summed E-state index contributed by atoms with van der Waals surface area (Å²) in [6.45, 7) is 0. The molecule has 55 valence electrons. The maximum Gasteiger partial charge on any atom is 0.0665 e. The normalized spacial score (nSPS) is 15.6. The molecule has 1 radical (unpaired) electrons. The van der Waals surface area contributed by atoms with Gasteiger partial charge in [0.25, 0.3) is 0 Å². The molecule has 1 aliphatic rings. The summed E-state index contributed by atoms with van der Waals surface area (Å²) in [6.07, 6.45) is 6.35. The summed E-state index contributed by atoms with van der Waals surface area (Å²) < 4.78 is 0. The Morgan fingerprint density at radius 1 is 1.27 bits per heavy atom. The highest BCUT2D eigenvalue weighted by molar-refractivity contribution is 5.66. The van der Waals surface area contributed by atoms with Crippen LogP contribution in [0.5, 0.6) is 0 Å². The number of hydrogen-bond acceptors (Lipinski definition) is 1. The van der Waals surface area contributed by atoms with E-state index in [1.165, 1.54) is 12.0 Å². The largest absolute Gasteiger partial charge is 0.251 e. The smallest absolute Gasteiger partial charge is 0.0665 e. The van der Waals surface area contributed by atoms with Crippen molar-refractivity contribution in [3.05, 3.63) is 29.8 Å². The molecule has 0 N–H and O–H groups in total. The van der Waals surface area contributed by atoms with Gasteiger partial charge in [-0.05, 0) is 30.9 Å². The van der Waals surface area contributed by atoms with E-state index in [9.17, 15) is 0 Å². The van der Waals surface area contributed by atoms with E-state index >= 15 is 0 Å². The van der Waals surface area contributed by atoms with Crippen LogP contribution in [0.4, 0.5) is 5.69 Å². The minimum atomic E-state index is 0.995. The van der Waals surface area contributed by atoms with Crippen LogP contribution >= 0.6 is 0 Å². The zero-order chi connectivity index (χ0) is 7.52. The Hall–Kier alpha value is -1.11. The molecule has 1 nitrogen and oxygen atoms in total. The highest BCUT2D eigenvalue weighted by Gasteiger charge is 2.01. The van der Waals surface area contributed by atoms with Gasteiger partial charge in [-0.15, -0.1) is 0 Å². The van der Waals surface area contributed by atoms with Gasteiger partial charge in [0.15, 0.2) is 0 Å². The molecular formula is C10H10N. The maximum atomic E-state index is 4.24. The molecule has 1 aliphatic heterocycles. The summed E-state index contributed by atoms with van der Waals surface area (Å²) in [5, 5.41) is 0. The van der Waals surface area contributed by atoms with Gasteiger partial charge in [-0.1, -0.05) is 18.2 Å². The van der Waals surface area contributed by atoms with Gasteiger partial charge < -0.3 is 0 Å². The fourth-order valence-corrected chi connectivity index (χ4v) is 1.33. The van der Waals surface area contributed by atoms with Crippen LogP contribution in [-0.2, 0) is 6.42 Å². The molecule has 0 saturated heterocycles. The summed E-state index contributed by atoms with van der Waals surface area (Å²) in [5.74, 6) is 0. The van der Waals surface area contributed by atoms with Crippen LogP contribution in [-0.4, -0.2) is 6.21 Å². The molecule has 11 heavy (non-hydrogen) atoms. The number of fused-ring (bicyclic) bond motifs is 1. The Bertz CT molecular complexity index is 276. The summed E-state index contributed by atoms with van der Waals surface area (Å²) in [4.78, 5) is 4.24. The van der Waals surface area contributed by atoms with Crippen molar-refractivity contribution >= 4 is 11.9 Å². The molecule has 0 saturated carbocycles. The van der Waals surface area contributed by atoms with Crippen molar-refractivity contribution in [2.24, 2.45) is 4.99 Å². The molecule has 0 aromatic heterocycles. The van der Waals surface area contributed by atoms with Crippen molar-refractivity contribution in [3.63, 3.8) is 0 Å². The number of aryl methyl sites for hydroxylation is 1. The minimum Gasteiger partial charge on any atom is -0.251 e. The third kappa shape index (κ3) is 1.32. The molecule has 0 bridgehead atoms. The minimum absolute atomic E-state index is 0.995. The lowest BCUT2D eigenvalue weighted by molar-refractivity contribution is 0.885. The second-order valence-corrected chi connectivity index (χ2v) is 2.75. The van der Waals surface area contributed by atoms with E-state index in [2.05, 4.69) is 23.3 Å². The van der Waals surface area contributed by atoms with E-state index in [-0.39, 0.29) is 0 Å². The number of aliphatic imine (C=N–C) groups is 1.